The van der Waals surface area contributed by atoms with E-state index in [1.54, 1.807) is 0 Å². The lowest BCUT2D eigenvalue weighted by molar-refractivity contribution is -0.0727. The van der Waals surface area contributed by atoms with Crippen LogP contribution >= 0.6 is 0 Å². The van der Waals surface area contributed by atoms with Gasteiger partial charge in [0.2, 0.25) is 0 Å². The molecule has 0 aromatic rings. The SMILES string of the molecule is CC1CNCCN1N1CCNCC1. The van der Waals surface area contributed by atoms with Crippen LogP contribution in [0.1, 0.15) is 6.92 Å². The molecule has 1 atom stereocenters. The second-order valence-electron chi connectivity index (χ2n) is 3.92. The molecule has 0 amide bonds. The van der Waals surface area contributed by atoms with E-state index in [4.69, 9.17) is 0 Å². The van der Waals surface area contributed by atoms with Gasteiger partial charge in [-0.1, -0.05) is 0 Å². The van der Waals surface area contributed by atoms with Crippen molar-refractivity contribution in [2.45, 2.75) is 13.0 Å². The number of hydrazine groups is 1. The standard InChI is InChI=1S/C9H20N4/c1-9-8-11-4-7-13(9)12-5-2-10-3-6-12/h9-11H,2-8H2,1H3. The lowest BCUT2D eigenvalue weighted by Crippen LogP contribution is -2.61. The van der Waals surface area contributed by atoms with Crippen molar-refractivity contribution in [3.8, 4) is 0 Å². The minimum atomic E-state index is 0.659. The molecule has 0 aromatic heterocycles. The summed E-state index contributed by atoms with van der Waals surface area (Å²) in [6.07, 6.45) is 0. The van der Waals surface area contributed by atoms with E-state index in [1.165, 1.54) is 19.6 Å². The molecule has 76 valence electrons. The monoisotopic (exact) mass is 184 g/mol. The van der Waals surface area contributed by atoms with Gasteiger partial charge in [-0.2, -0.15) is 0 Å². The number of nitrogens with one attached hydrogen (secondary N) is 2. The summed E-state index contributed by atoms with van der Waals surface area (Å²) in [6.45, 7) is 10.3. The summed E-state index contributed by atoms with van der Waals surface area (Å²) in [7, 11) is 0. The van der Waals surface area contributed by atoms with Crippen LogP contribution in [0, 0.1) is 0 Å². The topological polar surface area (TPSA) is 30.5 Å². The average molecular weight is 184 g/mol. The second kappa shape index (κ2) is 4.37. The van der Waals surface area contributed by atoms with Gasteiger partial charge < -0.3 is 10.6 Å². The van der Waals surface area contributed by atoms with Crippen molar-refractivity contribution >= 4 is 0 Å². The zero-order chi connectivity index (χ0) is 9.10. The predicted molar refractivity (Wildman–Crippen MR) is 53.5 cm³/mol. The molecule has 4 nitrogen and oxygen atoms in total. The number of nitrogens with zero attached hydrogens (tertiary/aromatic N) is 2. The molecule has 13 heavy (non-hydrogen) atoms. The quantitative estimate of drug-likeness (QED) is 0.553. The highest BCUT2D eigenvalue weighted by atomic mass is 15.6. The fourth-order valence-corrected chi connectivity index (χ4v) is 2.16. The average Bonchev–Trinajstić information content (AvgIpc) is 2.20. The second-order valence-corrected chi connectivity index (χ2v) is 3.92. The van der Waals surface area contributed by atoms with Gasteiger partial charge in [-0.05, 0) is 6.92 Å². The molecule has 0 radical (unpaired) electrons. The smallest absolute Gasteiger partial charge is 0.0343 e. The molecule has 0 bridgehead atoms. The molecular formula is C9H20N4. The first-order valence-electron chi connectivity index (χ1n) is 5.31. The maximum absolute atomic E-state index is 3.42. The van der Waals surface area contributed by atoms with Gasteiger partial charge in [0.05, 0.1) is 0 Å². The number of hydrogen-bond acceptors (Lipinski definition) is 4. The highest BCUT2D eigenvalue weighted by Crippen LogP contribution is 2.07. The van der Waals surface area contributed by atoms with E-state index in [1.807, 2.05) is 0 Å². The van der Waals surface area contributed by atoms with E-state index in [0.717, 1.165) is 26.2 Å². The largest absolute Gasteiger partial charge is 0.314 e. The predicted octanol–water partition coefficient (Wildman–Crippen LogP) is -0.900. The summed E-state index contributed by atoms with van der Waals surface area (Å²) in [6, 6.07) is 0.659. The van der Waals surface area contributed by atoms with Crippen molar-refractivity contribution in [2.24, 2.45) is 0 Å². The molecule has 2 fully saturated rings. The van der Waals surface area contributed by atoms with Gasteiger partial charge >= 0.3 is 0 Å². The van der Waals surface area contributed by atoms with E-state index in [0.29, 0.717) is 6.04 Å². The van der Waals surface area contributed by atoms with Gasteiger partial charge in [0, 0.05) is 51.9 Å². The summed E-state index contributed by atoms with van der Waals surface area (Å²) >= 11 is 0. The molecule has 2 N–H and O–H groups in total. The van der Waals surface area contributed by atoms with Crippen LogP contribution in [-0.2, 0) is 0 Å². The Balaban J connectivity index is 1.88. The molecule has 0 saturated carbocycles. The minimum absolute atomic E-state index is 0.659. The Hall–Kier alpha value is -0.160. The van der Waals surface area contributed by atoms with Crippen LogP contribution in [0.25, 0.3) is 0 Å². The fourth-order valence-electron chi connectivity index (χ4n) is 2.16. The summed E-state index contributed by atoms with van der Waals surface area (Å²) in [5.41, 5.74) is 0. The summed E-state index contributed by atoms with van der Waals surface area (Å²) in [5.74, 6) is 0. The number of rotatable bonds is 1. The molecular weight excluding hydrogens is 164 g/mol. The summed E-state index contributed by atoms with van der Waals surface area (Å²) < 4.78 is 0. The zero-order valence-electron chi connectivity index (χ0n) is 8.42. The van der Waals surface area contributed by atoms with Crippen LogP contribution in [0.2, 0.25) is 0 Å². The van der Waals surface area contributed by atoms with Gasteiger partial charge in [-0.15, -0.1) is 0 Å². The van der Waals surface area contributed by atoms with E-state index in [-0.39, 0.29) is 0 Å². The van der Waals surface area contributed by atoms with Crippen molar-refractivity contribution in [1.82, 2.24) is 20.7 Å². The molecule has 2 aliphatic heterocycles. The van der Waals surface area contributed by atoms with E-state index in [2.05, 4.69) is 27.6 Å². The molecule has 2 rings (SSSR count). The van der Waals surface area contributed by atoms with Gasteiger partial charge in [0.25, 0.3) is 0 Å². The Morgan fingerprint density at radius 3 is 2.38 bits per heavy atom. The third kappa shape index (κ3) is 2.20. The molecule has 1 unspecified atom stereocenters. The molecule has 0 aliphatic carbocycles. The Morgan fingerprint density at radius 2 is 1.69 bits per heavy atom. The lowest BCUT2D eigenvalue weighted by Gasteiger charge is -2.43. The first-order valence-corrected chi connectivity index (χ1v) is 5.31. The van der Waals surface area contributed by atoms with Gasteiger partial charge in [-0.3, -0.25) is 0 Å². The Bertz CT molecular complexity index is 156. The van der Waals surface area contributed by atoms with Crippen LogP contribution in [0.4, 0.5) is 0 Å². The molecule has 0 spiro atoms. The maximum Gasteiger partial charge on any atom is 0.0343 e. The third-order valence-corrected chi connectivity index (χ3v) is 2.92. The van der Waals surface area contributed by atoms with E-state index < -0.39 is 0 Å². The van der Waals surface area contributed by atoms with E-state index >= 15 is 0 Å². The van der Waals surface area contributed by atoms with Crippen LogP contribution in [0.15, 0.2) is 0 Å². The summed E-state index contributed by atoms with van der Waals surface area (Å²) in [5, 5.41) is 11.8. The van der Waals surface area contributed by atoms with Crippen molar-refractivity contribution in [1.29, 1.82) is 0 Å². The lowest BCUT2D eigenvalue weighted by atomic mass is 10.2. The number of piperazine rings is 2. The van der Waals surface area contributed by atoms with Crippen LogP contribution < -0.4 is 10.6 Å². The maximum atomic E-state index is 3.42. The Morgan fingerprint density at radius 1 is 1.00 bits per heavy atom. The third-order valence-electron chi connectivity index (χ3n) is 2.92. The minimum Gasteiger partial charge on any atom is -0.314 e. The normalized spacial score (nSPS) is 33.5. The Kier molecular flexibility index (Phi) is 3.16. The van der Waals surface area contributed by atoms with Crippen molar-refractivity contribution < 1.29 is 0 Å². The molecule has 2 saturated heterocycles. The molecule has 0 aromatic carbocycles. The molecule has 2 heterocycles. The van der Waals surface area contributed by atoms with Crippen LogP contribution in [0.5, 0.6) is 0 Å². The van der Waals surface area contributed by atoms with Gasteiger partial charge in [0.1, 0.15) is 0 Å². The van der Waals surface area contributed by atoms with Crippen LogP contribution in [0.3, 0.4) is 0 Å². The highest BCUT2D eigenvalue weighted by Gasteiger charge is 2.24. The first kappa shape index (κ1) is 9.40. The van der Waals surface area contributed by atoms with Crippen LogP contribution in [-0.4, -0.2) is 61.9 Å². The zero-order valence-corrected chi connectivity index (χ0v) is 8.42. The van der Waals surface area contributed by atoms with Crippen molar-refractivity contribution in [3.63, 3.8) is 0 Å². The van der Waals surface area contributed by atoms with E-state index in [9.17, 15) is 0 Å². The molecule has 2 aliphatic rings. The van der Waals surface area contributed by atoms with Gasteiger partial charge in [0.15, 0.2) is 0 Å². The van der Waals surface area contributed by atoms with Crippen molar-refractivity contribution in [2.75, 3.05) is 45.8 Å². The van der Waals surface area contributed by atoms with Crippen molar-refractivity contribution in [3.05, 3.63) is 0 Å². The first-order chi connectivity index (χ1) is 6.38. The summed E-state index contributed by atoms with van der Waals surface area (Å²) in [4.78, 5) is 0. The highest BCUT2D eigenvalue weighted by molar-refractivity contribution is 4.77. The molecule has 4 heteroatoms. The fraction of sp³-hybridized carbons (Fsp3) is 1.00. The Labute approximate surface area is 80.2 Å². The number of hydrogen-bond donors (Lipinski definition) is 2. The van der Waals surface area contributed by atoms with Gasteiger partial charge in [-0.25, -0.2) is 10.0 Å².